The molecular weight excluding hydrogens is 332 g/mol. The van der Waals surface area contributed by atoms with Crippen molar-refractivity contribution in [3.63, 3.8) is 0 Å². The number of methoxy groups -OCH3 is 1. The summed E-state index contributed by atoms with van der Waals surface area (Å²) in [5.41, 5.74) is 0.930. The summed E-state index contributed by atoms with van der Waals surface area (Å²) >= 11 is 0. The highest BCUT2D eigenvalue weighted by Gasteiger charge is 2.30. The number of amidine groups is 1. The zero-order chi connectivity index (χ0) is 17.3. The van der Waals surface area contributed by atoms with E-state index >= 15 is 0 Å². The van der Waals surface area contributed by atoms with Crippen LogP contribution in [0.3, 0.4) is 0 Å². The minimum absolute atomic E-state index is 0.0804. The molecule has 0 saturated carbocycles. The molecule has 1 aromatic carbocycles. The van der Waals surface area contributed by atoms with Crippen LogP contribution in [0.25, 0.3) is 0 Å². The molecule has 0 fully saturated rings. The van der Waals surface area contributed by atoms with Crippen LogP contribution in [0.15, 0.2) is 50.9 Å². The molecule has 3 rings (SSSR count). The van der Waals surface area contributed by atoms with Gasteiger partial charge in [0.2, 0.25) is 0 Å². The minimum atomic E-state index is -3.70. The van der Waals surface area contributed by atoms with Crippen molar-refractivity contribution >= 4 is 22.1 Å². The average molecular weight is 346 g/mol. The van der Waals surface area contributed by atoms with Crippen LogP contribution in [0, 0.1) is 0 Å². The molecule has 0 atom stereocenters. The molecule has 2 aromatic rings. The first-order chi connectivity index (χ1) is 11.4. The summed E-state index contributed by atoms with van der Waals surface area (Å²) < 4.78 is 32.8. The molecule has 0 saturated heterocycles. The van der Waals surface area contributed by atoms with Gasteiger partial charge in [0, 0.05) is 18.7 Å². The molecule has 1 aliphatic heterocycles. The molecule has 0 amide bonds. The Kier molecular flexibility index (Phi) is 3.94. The molecule has 0 radical (unpaired) electrons. The first kappa shape index (κ1) is 15.9. The highest BCUT2D eigenvalue weighted by Crippen LogP contribution is 2.27. The van der Waals surface area contributed by atoms with Gasteiger partial charge in [-0.3, -0.25) is 4.98 Å². The Morgan fingerprint density at radius 1 is 1.33 bits per heavy atom. The molecule has 0 spiro atoms. The maximum atomic E-state index is 12.0. The van der Waals surface area contributed by atoms with Crippen molar-refractivity contribution < 1.29 is 18.3 Å². The molecule has 124 valence electrons. The average Bonchev–Trinajstić information content (AvgIpc) is 2.86. The lowest BCUT2D eigenvalue weighted by Gasteiger charge is -2.12. The van der Waals surface area contributed by atoms with Crippen molar-refractivity contribution in [2.75, 3.05) is 14.2 Å². The van der Waals surface area contributed by atoms with Crippen LogP contribution in [0.5, 0.6) is 11.5 Å². The van der Waals surface area contributed by atoms with Gasteiger partial charge in [0.05, 0.1) is 25.2 Å². The Balaban J connectivity index is 1.90. The van der Waals surface area contributed by atoms with Crippen molar-refractivity contribution in [3.8, 4) is 11.5 Å². The summed E-state index contributed by atoms with van der Waals surface area (Å²) in [6.07, 6.45) is 2.66. The van der Waals surface area contributed by atoms with E-state index in [1.54, 1.807) is 25.2 Å². The number of hydrogen-bond acceptors (Lipinski definition) is 7. The number of ether oxygens (including phenoxy) is 1. The standard InChI is InChI=1S/C15H14N4O4S/c1-19(17-8-10-7-13(23-2)12(20)9-16-10)15-11-5-3-4-6-14(11)24(21,22)18-15/h3-9,20H,1-2H3/b17-8+. The fraction of sp³-hybridized carbons (Fsp3) is 0.133. The van der Waals surface area contributed by atoms with Gasteiger partial charge in [-0.15, -0.1) is 4.40 Å². The predicted octanol–water partition coefficient (Wildman–Crippen LogP) is 1.21. The molecule has 0 aliphatic carbocycles. The van der Waals surface area contributed by atoms with E-state index in [1.807, 2.05) is 0 Å². The first-order valence-corrected chi connectivity index (χ1v) is 8.31. The van der Waals surface area contributed by atoms with Gasteiger partial charge in [0.25, 0.3) is 10.0 Å². The summed E-state index contributed by atoms with van der Waals surface area (Å²) in [7, 11) is -0.680. The molecule has 0 bridgehead atoms. The molecule has 8 nitrogen and oxygen atoms in total. The van der Waals surface area contributed by atoms with E-state index in [1.165, 1.54) is 36.7 Å². The van der Waals surface area contributed by atoms with Crippen LogP contribution in [-0.4, -0.2) is 49.7 Å². The molecular formula is C15H14N4O4S. The summed E-state index contributed by atoms with van der Waals surface area (Å²) in [6.45, 7) is 0. The number of hydrogen-bond donors (Lipinski definition) is 1. The van der Waals surface area contributed by atoms with Crippen LogP contribution >= 0.6 is 0 Å². The number of rotatable bonds is 3. The van der Waals surface area contributed by atoms with E-state index in [2.05, 4.69) is 14.5 Å². The third-order valence-electron chi connectivity index (χ3n) is 3.37. The van der Waals surface area contributed by atoms with Crippen molar-refractivity contribution in [2.45, 2.75) is 4.90 Å². The maximum Gasteiger partial charge on any atom is 0.285 e. The summed E-state index contributed by atoms with van der Waals surface area (Å²) in [5, 5.41) is 15.0. The van der Waals surface area contributed by atoms with Gasteiger partial charge in [-0.25, -0.2) is 5.01 Å². The van der Waals surface area contributed by atoms with Crippen LogP contribution in [-0.2, 0) is 10.0 Å². The molecule has 1 aliphatic rings. The Bertz CT molecular complexity index is 954. The van der Waals surface area contributed by atoms with Crippen LogP contribution < -0.4 is 4.74 Å². The van der Waals surface area contributed by atoms with Gasteiger partial charge >= 0.3 is 0 Å². The van der Waals surface area contributed by atoms with Gasteiger partial charge in [0.15, 0.2) is 17.3 Å². The predicted molar refractivity (Wildman–Crippen MR) is 88.0 cm³/mol. The lowest BCUT2D eigenvalue weighted by atomic mass is 10.2. The second kappa shape index (κ2) is 5.93. The molecule has 1 aromatic heterocycles. The molecule has 0 unspecified atom stereocenters. The SMILES string of the molecule is COc1cc(/C=N/N(C)C2=NS(=O)(=O)c3ccccc32)ncc1O. The number of nitrogens with zero attached hydrogens (tertiary/aromatic N) is 4. The number of fused-ring (bicyclic) bond motifs is 1. The quantitative estimate of drug-likeness (QED) is 0.662. The largest absolute Gasteiger partial charge is 0.503 e. The van der Waals surface area contributed by atoms with E-state index in [0.29, 0.717) is 11.3 Å². The second-order valence-corrected chi connectivity index (χ2v) is 6.51. The number of benzene rings is 1. The number of pyridine rings is 1. The molecule has 24 heavy (non-hydrogen) atoms. The van der Waals surface area contributed by atoms with Gasteiger partial charge in [-0.1, -0.05) is 12.1 Å². The van der Waals surface area contributed by atoms with Gasteiger partial charge in [0.1, 0.15) is 4.90 Å². The van der Waals surface area contributed by atoms with Crippen molar-refractivity contribution in [1.82, 2.24) is 9.99 Å². The fourth-order valence-corrected chi connectivity index (χ4v) is 3.43. The lowest BCUT2D eigenvalue weighted by Crippen LogP contribution is -2.21. The topological polar surface area (TPSA) is 104 Å². The second-order valence-electron chi connectivity index (χ2n) is 4.94. The van der Waals surface area contributed by atoms with Gasteiger partial charge in [-0.2, -0.15) is 13.5 Å². The Morgan fingerprint density at radius 3 is 2.83 bits per heavy atom. The molecule has 9 heteroatoms. The van der Waals surface area contributed by atoms with Crippen LogP contribution in [0.2, 0.25) is 0 Å². The third kappa shape index (κ3) is 2.81. The first-order valence-electron chi connectivity index (χ1n) is 6.87. The van der Waals surface area contributed by atoms with E-state index in [9.17, 15) is 13.5 Å². The van der Waals surface area contributed by atoms with E-state index < -0.39 is 10.0 Å². The minimum Gasteiger partial charge on any atom is -0.503 e. The normalized spacial score (nSPS) is 15.2. The van der Waals surface area contributed by atoms with E-state index in [0.717, 1.165) is 0 Å². The Morgan fingerprint density at radius 2 is 2.08 bits per heavy atom. The van der Waals surface area contributed by atoms with Gasteiger partial charge < -0.3 is 9.84 Å². The summed E-state index contributed by atoms with van der Waals surface area (Å²) in [4.78, 5) is 4.15. The number of hydrazone groups is 1. The molecule has 2 heterocycles. The Labute approximate surface area is 138 Å². The maximum absolute atomic E-state index is 12.0. The number of aromatic nitrogens is 1. The van der Waals surface area contributed by atoms with Crippen molar-refractivity contribution in [3.05, 3.63) is 47.8 Å². The lowest BCUT2D eigenvalue weighted by molar-refractivity contribution is 0.372. The monoisotopic (exact) mass is 346 g/mol. The van der Waals surface area contributed by atoms with Crippen molar-refractivity contribution in [1.29, 1.82) is 0 Å². The van der Waals surface area contributed by atoms with E-state index in [4.69, 9.17) is 4.74 Å². The summed E-state index contributed by atoms with van der Waals surface area (Å²) in [5.74, 6) is 0.413. The smallest absolute Gasteiger partial charge is 0.285 e. The van der Waals surface area contributed by atoms with Gasteiger partial charge in [-0.05, 0) is 12.1 Å². The van der Waals surface area contributed by atoms with E-state index in [-0.39, 0.29) is 22.2 Å². The number of sulfonamides is 1. The highest BCUT2D eigenvalue weighted by atomic mass is 32.2. The number of aromatic hydroxyl groups is 1. The zero-order valence-corrected chi connectivity index (χ0v) is 13.7. The Hall–Kier alpha value is -2.94. The van der Waals surface area contributed by atoms with Crippen LogP contribution in [0.4, 0.5) is 0 Å². The molecule has 1 N–H and O–H groups in total. The van der Waals surface area contributed by atoms with Crippen LogP contribution in [0.1, 0.15) is 11.3 Å². The zero-order valence-electron chi connectivity index (χ0n) is 12.9. The fourth-order valence-electron chi connectivity index (χ4n) is 2.20. The summed E-state index contributed by atoms with van der Waals surface area (Å²) in [6, 6.07) is 8.06. The highest BCUT2D eigenvalue weighted by molar-refractivity contribution is 7.90. The van der Waals surface area contributed by atoms with Crippen molar-refractivity contribution in [2.24, 2.45) is 9.50 Å². The third-order valence-corrected chi connectivity index (χ3v) is 4.69.